The van der Waals surface area contributed by atoms with E-state index in [2.05, 4.69) is 4.98 Å². The van der Waals surface area contributed by atoms with Gasteiger partial charge in [-0.2, -0.15) is 0 Å². The number of aromatic nitrogens is 1. The lowest BCUT2D eigenvalue weighted by Gasteiger charge is -2.24. The molecular weight excluding hydrogens is 198 g/mol. The zero-order valence-corrected chi connectivity index (χ0v) is 9.53. The lowest BCUT2D eigenvalue weighted by atomic mass is 9.82. The van der Waals surface area contributed by atoms with Crippen LogP contribution < -0.4 is 5.73 Å². The number of nitrogens with one attached hydrogen (secondary N) is 1. The lowest BCUT2D eigenvalue weighted by molar-refractivity contribution is 0.411. The number of allylic oxidation sites excluding steroid dienone is 2. The van der Waals surface area contributed by atoms with Gasteiger partial charge in [0, 0.05) is 29.1 Å². The van der Waals surface area contributed by atoms with E-state index in [0.717, 1.165) is 11.3 Å². The Morgan fingerprint density at radius 2 is 2.31 bits per heavy atom. The summed E-state index contributed by atoms with van der Waals surface area (Å²) in [6.45, 7) is 1.79. The van der Waals surface area contributed by atoms with Crippen LogP contribution in [0.15, 0.2) is 30.1 Å². The molecule has 0 bridgehead atoms. The quantitative estimate of drug-likeness (QED) is 0.761. The Balaban J connectivity index is 2.21. The van der Waals surface area contributed by atoms with Crippen molar-refractivity contribution in [3.63, 3.8) is 0 Å². The third kappa shape index (κ3) is 2.30. The van der Waals surface area contributed by atoms with Crippen LogP contribution in [-0.4, -0.2) is 10.7 Å². The van der Waals surface area contributed by atoms with Crippen molar-refractivity contribution >= 4 is 5.71 Å². The van der Waals surface area contributed by atoms with Gasteiger partial charge in [0.05, 0.1) is 5.71 Å². The second-order valence-electron chi connectivity index (χ2n) is 4.40. The van der Waals surface area contributed by atoms with Crippen LogP contribution in [0.5, 0.6) is 0 Å². The maximum absolute atomic E-state index is 7.89. The SMILES string of the molecule is C/C(N)=C\C(=N)c1ccnc(C2CCC2)c1. The molecule has 1 aliphatic carbocycles. The Hall–Kier alpha value is -1.64. The molecule has 0 aromatic carbocycles. The number of nitrogens with zero attached hydrogens (tertiary/aromatic N) is 1. The summed E-state index contributed by atoms with van der Waals surface area (Å²) in [5.74, 6) is 0.607. The molecule has 84 valence electrons. The average Bonchev–Trinajstić information content (AvgIpc) is 2.14. The molecule has 0 radical (unpaired) electrons. The number of hydrogen-bond donors (Lipinski definition) is 2. The Kier molecular flexibility index (Phi) is 3.04. The summed E-state index contributed by atoms with van der Waals surface area (Å²) in [6, 6.07) is 3.88. The van der Waals surface area contributed by atoms with Gasteiger partial charge in [-0.15, -0.1) is 0 Å². The zero-order valence-electron chi connectivity index (χ0n) is 9.53. The first kappa shape index (κ1) is 10.9. The highest BCUT2D eigenvalue weighted by atomic mass is 14.7. The van der Waals surface area contributed by atoms with Crippen molar-refractivity contribution in [1.82, 2.24) is 4.98 Å². The first-order valence-corrected chi connectivity index (χ1v) is 5.65. The summed E-state index contributed by atoms with van der Waals surface area (Å²) < 4.78 is 0. The zero-order chi connectivity index (χ0) is 11.5. The first-order valence-electron chi connectivity index (χ1n) is 5.65. The fraction of sp³-hybridized carbons (Fsp3) is 0.385. The van der Waals surface area contributed by atoms with Gasteiger partial charge in [-0.25, -0.2) is 0 Å². The van der Waals surface area contributed by atoms with Crippen molar-refractivity contribution in [2.75, 3.05) is 0 Å². The van der Waals surface area contributed by atoms with E-state index in [9.17, 15) is 0 Å². The highest BCUT2D eigenvalue weighted by Crippen LogP contribution is 2.35. The molecule has 0 aliphatic heterocycles. The van der Waals surface area contributed by atoms with Crippen molar-refractivity contribution in [3.05, 3.63) is 41.4 Å². The van der Waals surface area contributed by atoms with Crippen LogP contribution in [-0.2, 0) is 0 Å². The molecule has 1 heterocycles. The maximum atomic E-state index is 7.89. The molecule has 0 amide bonds. The van der Waals surface area contributed by atoms with Crippen molar-refractivity contribution in [3.8, 4) is 0 Å². The minimum absolute atomic E-state index is 0.461. The van der Waals surface area contributed by atoms with Gasteiger partial charge < -0.3 is 11.1 Å². The maximum Gasteiger partial charge on any atom is 0.0630 e. The van der Waals surface area contributed by atoms with Crippen LogP contribution in [0.25, 0.3) is 0 Å². The first-order chi connectivity index (χ1) is 7.66. The molecule has 0 saturated heterocycles. The topological polar surface area (TPSA) is 62.8 Å². The largest absolute Gasteiger partial charge is 0.402 e. The van der Waals surface area contributed by atoms with Gasteiger partial charge in [-0.3, -0.25) is 4.98 Å². The molecule has 3 N–H and O–H groups in total. The molecule has 1 aromatic rings. The molecule has 0 spiro atoms. The van der Waals surface area contributed by atoms with Crippen molar-refractivity contribution in [1.29, 1.82) is 5.41 Å². The number of rotatable bonds is 3. The van der Waals surface area contributed by atoms with Gasteiger partial charge in [-0.1, -0.05) is 6.42 Å². The second kappa shape index (κ2) is 4.47. The highest BCUT2D eigenvalue weighted by molar-refractivity contribution is 6.06. The van der Waals surface area contributed by atoms with Gasteiger partial charge >= 0.3 is 0 Å². The van der Waals surface area contributed by atoms with Crippen LogP contribution in [0.3, 0.4) is 0 Å². The number of nitrogens with two attached hydrogens (primary N) is 1. The van der Waals surface area contributed by atoms with Gasteiger partial charge in [0.25, 0.3) is 0 Å². The molecule has 0 atom stereocenters. The minimum atomic E-state index is 0.461. The third-order valence-electron chi connectivity index (χ3n) is 2.99. The molecule has 2 rings (SSSR count). The van der Waals surface area contributed by atoms with E-state index in [-0.39, 0.29) is 0 Å². The summed E-state index contributed by atoms with van der Waals surface area (Å²) in [7, 11) is 0. The van der Waals surface area contributed by atoms with E-state index in [4.69, 9.17) is 11.1 Å². The van der Waals surface area contributed by atoms with Crippen molar-refractivity contribution < 1.29 is 0 Å². The van der Waals surface area contributed by atoms with Gasteiger partial charge in [0.15, 0.2) is 0 Å². The fourth-order valence-electron chi connectivity index (χ4n) is 1.85. The van der Waals surface area contributed by atoms with Crippen LogP contribution in [0.1, 0.15) is 43.4 Å². The number of pyridine rings is 1. The lowest BCUT2D eigenvalue weighted by Crippen LogP contribution is -2.11. The van der Waals surface area contributed by atoms with E-state index in [1.165, 1.54) is 19.3 Å². The summed E-state index contributed by atoms with van der Waals surface area (Å²) in [4.78, 5) is 4.37. The highest BCUT2D eigenvalue weighted by Gasteiger charge is 2.20. The van der Waals surface area contributed by atoms with Crippen LogP contribution in [0.4, 0.5) is 0 Å². The molecule has 3 nitrogen and oxygen atoms in total. The smallest absolute Gasteiger partial charge is 0.0630 e. The Morgan fingerprint density at radius 1 is 1.56 bits per heavy atom. The van der Waals surface area contributed by atoms with Crippen LogP contribution in [0.2, 0.25) is 0 Å². The third-order valence-corrected chi connectivity index (χ3v) is 2.99. The fourth-order valence-corrected chi connectivity index (χ4v) is 1.85. The molecule has 1 aliphatic rings. The van der Waals surface area contributed by atoms with Crippen LogP contribution >= 0.6 is 0 Å². The molecule has 3 heteroatoms. The standard InChI is InChI=1S/C13H17N3/c1-9(14)7-12(15)11-5-6-16-13(8-11)10-3-2-4-10/h5-8,10,15H,2-4,14H2,1H3/b9-7+,15-12?. The average molecular weight is 215 g/mol. The second-order valence-corrected chi connectivity index (χ2v) is 4.40. The van der Waals surface area contributed by atoms with E-state index >= 15 is 0 Å². The summed E-state index contributed by atoms with van der Waals surface area (Å²) >= 11 is 0. The van der Waals surface area contributed by atoms with E-state index in [1.807, 2.05) is 12.1 Å². The molecule has 16 heavy (non-hydrogen) atoms. The summed E-state index contributed by atoms with van der Waals surface area (Å²) in [5, 5.41) is 7.89. The van der Waals surface area contributed by atoms with Gasteiger partial charge in [0.1, 0.15) is 0 Å². The van der Waals surface area contributed by atoms with E-state index in [1.54, 1.807) is 19.2 Å². The Morgan fingerprint density at radius 3 is 2.88 bits per heavy atom. The van der Waals surface area contributed by atoms with Crippen molar-refractivity contribution in [2.24, 2.45) is 5.73 Å². The molecule has 1 saturated carbocycles. The Labute approximate surface area is 95.9 Å². The molecule has 0 unspecified atom stereocenters. The normalized spacial score (nSPS) is 16.9. The van der Waals surface area contributed by atoms with E-state index < -0.39 is 0 Å². The van der Waals surface area contributed by atoms with Crippen LogP contribution in [0, 0.1) is 5.41 Å². The predicted molar refractivity (Wildman–Crippen MR) is 65.6 cm³/mol. The van der Waals surface area contributed by atoms with Crippen molar-refractivity contribution in [2.45, 2.75) is 32.1 Å². The summed E-state index contributed by atoms with van der Waals surface area (Å²) in [5.41, 5.74) is 8.72. The van der Waals surface area contributed by atoms with E-state index in [0.29, 0.717) is 17.3 Å². The predicted octanol–water partition coefficient (Wildman–Crippen LogP) is 2.58. The Bertz CT molecular complexity index is 427. The van der Waals surface area contributed by atoms with Gasteiger partial charge in [-0.05, 0) is 38.0 Å². The molecule has 1 fully saturated rings. The molecular formula is C13H17N3. The summed E-state index contributed by atoms with van der Waals surface area (Å²) in [6.07, 6.45) is 7.23. The number of hydrogen-bond acceptors (Lipinski definition) is 3. The van der Waals surface area contributed by atoms with Gasteiger partial charge in [0.2, 0.25) is 0 Å². The molecule has 1 aromatic heterocycles. The monoisotopic (exact) mass is 215 g/mol. The minimum Gasteiger partial charge on any atom is -0.402 e.